The molecule has 3 aromatic carbocycles. The summed E-state index contributed by atoms with van der Waals surface area (Å²) < 4.78 is 23.4. The summed E-state index contributed by atoms with van der Waals surface area (Å²) in [7, 11) is -3.79. The van der Waals surface area contributed by atoms with E-state index in [1.54, 1.807) is 17.0 Å². The van der Waals surface area contributed by atoms with E-state index < -0.39 is 10.0 Å². The molecule has 31 heavy (non-hydrogen) atoms. The van der Waals surface area contributed by atoms with Crippen molar-refractivity contribution in [3.63, 3.8) is 0 Å². The van der Waals surface area contributed by atoms with Crippen molar-refractivity contribution in [1.29, 1.82) is 0 Å². The fourth-order valence-corrected chi connectivity index (χ4v) is 3.98. The lowest BCUT2D eigenvalue weighted by atomic mass is 10.0. The Kier molecular flexibility index (Phi) is 7.57. The lowest BCUT2D eigenvalue weighted by Crippen LogP contribution is -2.39. The topological polar surface area (TPSA) is 92.5 Å². The number of carbonyl (C=O) groups excluding carboxylic acids is 1. The summed E-state index contributed by atoms with van der Waals surface area (Å²) >= 11 is 0. The van der Waals surface area contributed by atoms with Gasteiger partial charge in [0.05, 0.1) is 18.0 Å². The van der Waals surface area contributed by atoms with Crippen LogP contribution in [0.5, 0.6) is 0 Å². The number of benzene rings is 3. The maximum absolute atomic E-state index is 13.2. The summed E-state index contributed by atoms with van der Waals surface area (Å²) in [4.78, 5) is 15.0. The summed E-state index contributed by atoms with van der Waals surface area (Å²) in [6.45, 7) is 2.55. The Morgan fingerprint density at radius 3 is 2.23 bits per heavy atom. The summed E-state index contributed by atoms with van der Waals surface area (Å²) in [5.74, 6) is -0.0731. The van der Waals surface area contributed by atoms with Gasteiger partial charge in [0.15, 0.2) is 0 Å². The van der Waals surface area contributed by atoms with Crippen molar-refractivity contribution < 1.29 is 13.2 Å². The van der Waals surface area contributed by atoms with Crippen molar-refractivity contribution in [2.75, 3.05) is 11.4 Å². The van der Waals surface area contributed by atoms with Crippen LogP contribution in [0.3, 0.4) is 0 Å². The molecule has 162 valence electrons. The first-order valence-electron chi connectivity index (χ1n) is 10.1. The maximum atomic E-state index is 13.2. The third-order valence-corrected chi connectivity index (χ3v) is 5.96. The van der Waals surface area contributed by atoms with E-state index in [-0.39, 0.29) is 23.4 Å². The zero-order valence-corrected chi connectivity index (χ0v) is 18.3. The lowest BCUT2D eigenvalue weighted by Gasteiger charge is -2.25. The molecule has 0 saturated heterocycles. The first-order chi connectivity index (χ1) is 14.9. The van der Waals surface area contributed by atoms with Crippen LogP contribution in [0.4, 0.5) is 5.69 Å². The predicted molar refractivity (Wildman–Crippen MR) is 123 cm³/mol. The van der Waals surface area contributed by atoms with E-state index >= 15 is 0 Å². The first kappa shape index (κ1) is 22.7. The molecular formula is C24H27N3O3S. The Labute approximate surface area is 183 Å². The molecule has 7 heteroatoms. The summed E-state index contributed by atoms with van der Waals surface area (Å²) in [6.07, 6.45) is 0.686. The number of nitrogens with one attached hydrogen (secondary N) is 1. The zero-order valence-electron chi connectivity index (χ0n) is 17.4. The highest BCUT2D eigenvalue weighted by molar-refractivity contribution is 7.89. The van der Waals surface area contributed by atoms with E-state index in [9.17, 15) is 13.2 Å². The SMILES string of the molecule is CC[C@@H](NCC(=O)N(Cc1ccccc1)c1ccccc1)c1cccc(S(N)(=O)=O)c1. The number of nitrogens with zero attached hydrogens (tertiary/aromatic N) is 1. The van der Waals surface area contributed by atoms with E-state index in [0.29, 0.717) is 13.0 Å². The molecule has 3 aromatic rings. The van der Waals surface area contributed by atoms with E-state index in [1.807, 2.05) is 73.7 Å². The van der Waals surface area contributed by atoms with Gasteiger partial charge in [-0.3, -0.25) is 4.79 Å². The van der Waals surface area contributed by atoms with Gasteiger partial charge in [0, 0.05) is 11.7 Å². The molecule has 0 fully saturated rings. The van der Waals surface area contributed by atoms with Crippen LogP contribution in [0.25, 0.3) is 0 Å². The van der Waals surface area contributed by atoms with Crippen molar-refractivity contribution in [1.82, 2.24) is 5.32 Å². The average Bonchev–Trinajstić information content (AvgIpc) is 2.78. The largest absolute Gasteiger partial charge is 0.307 e. The first-order valence-corrected chi connectivity index (χ1v) is 11.7. The van der Waals surface area contributed by atoms with Crippen LogP contribution in [-0.2, 0) is 21.4 Å². The van der Waals surface area contributed by atoms with Crippen LogP contribution >= 0.6 is 0 Å². The van der Waals surface area contributed by atoms with Gasteiger partial charge in [-0.1, -0.05) is 67.6 Å². The Hall–Kier alpha value is -3.00. The molecule has 0 aliphatic heterocycles. The number of sulfonamides is 1. The number of para-hydroxylation sites is 1. The van der Waals surface area contributed by atoms with E-state index in [0.717, 1.165) is 16.8 Å². The monoisotopic (exact) mass is 437 g/mol. The van der Waals surface area contributed by atoms with Gasteiger partial charge in [-0.2, -0.15) is 0 Å². The second-order valence-electron chi connectivity index (χ2n) is 7.26. The second-order valence-corrected chi connectivity index (χ2v) is 8.82. The summed E-state index contributed by atoms with van der Waals surface area (Å²) in [5.41, 5.74) is 2.63. The van der Waals surface area contributed by atoms with Crippen LogP contribution < -0.4 is 15.4 Å². The quantitative estimate of drug-likeness (QED) is 0.535. The molecule has 0 radical (unpaired) electrons. The second kappa shape index (κ2) is 10.3. The van der Waals surface area contributed by atoms with Gasteiger partial charge >= 0.3 is 0 Å². The number of rotatable bonds is 9. The molecule has 1 atom stereocenters. The third kappa shape index (κ3) is 6.24. The van der Waals surface area contributed by atoms with Crippen molar-refractivity contribution >= 4 is 21.6 Å². The van der Waals surface area contributed by atoms with Gasteiger partial charge in [0.25, 0.3) is 0 Å². The highest BCUT2D eigenvalue weighted by Gasteiger charge is 2.19. The number of carbonyl (C=O) groups is 1. The number of primary sulfonamides is 1. The molecule has 0 spiro atoms. The number of anilines is 1. The normalized spacial score (nSPS) is 12.3. The minimum absolute atomic E-state index is 0.0616. The van der Waals surface area contributed by atoms with E-state index in [2.05, 4.69) is 5.32 Å². The summed E-state index contributed by atoms with van der Waals surface area (Å²) in [6, 6.07) is 25.7. The molecule has 0 saturated carbocycles. The van der Waals surface area contributed by atoms with Crippen LogP contribution in [0.1, 0.15) is 30.5 Å². The molecule has 0 heterocycles. The van der Waals surface area contributed by atoms with Gasteiger partial charge in [-0.05, 0) is 41.8 Å². The van der Waals surface area contributed by atoms with Crippen LogP contribution in [0.2, 0.25) is 0 Å². The molecule has 0 aromatic heterocycles. The van der Waals surface area contributed by atoms with Crippen molar-refractivity contribution in [3.05, 3.63) is 96.1 Å². The third-order valence-electron chi connectivity index (χ3n) is 5.05. The van der Waals surface area contributed by atoms with Crippen molar-refractivity contribution in [2.45, 2.75) is 30.8 Å². The smallest absolute Gasteiger partial charge is 0.241 e. The number of hydrogen-bond acceptors (Lipinski definition) is 4. The Balaban J connectivity index is 1.76. The fraction of sp³-hybridized carbons (Fsp3) is 0.208. The molecule has 6 nitrogen and oxygen atoms in total. The summed E-state index contributed by atoms with van der Waals surface area (Å²) in [5, 5.41) is 8.53. The van der Waals surface area contributed by atoms with E-state index in [1.165, 1.54) is 6.07 Å². The van der Waals surface area contributed by atoms with Crippen LogP contribution in [-0.4, -0.2) is 20.9 Å². The molecule has 0 unspecified atom stereocenters. The maximum Gasteiger partial charge on any atom is 0.241 e. The molecule has 0 aliphatic carbocycles. The number of amides is 1. The molecule has 3 N–H and O–H groups in total. The van der Waals surface area contributed by atoms with E-state index in [4.69, 9.17) is 5.14 Å². The zero-order chi connectivity index (χ0) is 22.3. The highest BCUT2D eigenvalue weighted by Crippen LogP contribution is 2.21. The van der Waals surface area contributed by atoms with Crippen LogP contribution in [0, 0.1) is 0 Å². The van der Waals surface area contributed by atoms with Gasteiger partial charge in [-0.25, -0.2) is 13.6 Å². The molecule has 3 rings (SSSR count). The fourth-order valence-electron chi connectivity index (χ4n) is 3.41. The highest BCUT2D eigenvalue weighted by atomic mass is 32.2. The Bertz CT molecular complexity index is 1100. The van der Waals surface area contributed by atoms with Crippen LogP contribution in [0.15, 0.2) is 89.8 Å². The Morgan fingerprint density at radius 1 is 0.968 bits per heavy atom. The average molecular weight is 438 g/mol. The standard InChI is InChI=1S/C24H27N3O3S/c1-2-23(20-12-9-15-22(16-20)31(25,29)30)26-17-24(28)27(21-13-7-4-8-14-21)18-19-10-5-3-6-11-19/h3-16,23,26H,2,17-18H2,1H3,(H2,25,29,30)/t23-/m1/s1. The number of hydrogen-bond donors (Lipinski definition) is 2. The van der Waals surface area contributed by atoms with Gasteiger partial charge in [0.1, 0.15) is 0 Å². The molecule has 0 aliphatic rings. The van der Waals surface area contributed by atoms with Gasteiger partial charge in [0.2, 0.25) is 15.9 Å². The number of nitrogens with two attached hydrogens (primary N) is 1. The molecule has 0 bridgehead atoms. The van der Waals surface area contributed by atoms with Gasteiger partial charge in [-0.15, -0.1) is 0 Å². The lowest BCUT2D eigenvalue weighted by molar-refractivity contribution is -0.118. The minimum Gasteiger partial charge on any atom is -0.307 e. The predicted octanol–water partition coefficient (Wildman–Crippen LogP) is 3.61. The van der Waals surface area contributed by atoms with Crippen molar-refractivity contribution in [2.24, 2.45) is 5.14 Å². The molecule has 1 amide bonds. The molecular weight excluding hydrogens is 410 g/mol. The van der Waals surface area contributed by atoms with Crippen molar-refractivity contribution in [3.8, 4) is 0 Å². The minimum atomic E-state index is -3.79. The van der Waals surface area contributed by atoms with Gasteiger partial charge < -0.3 is 10.2 Å². The Morgan fingerprint density at radius 2 is 1.61 bits per heavy atom.